The Morgan fingerprint density at radius 1 is 1.58 bits per heavy atom. The van der Waals surface area contributed by atoms with Crippen molar-refractivity contribution < 1.29 is 4.74 Å². The van der Waals surface area contributed by atoms with Gasteiger partial charge in [0.1, 0.15) is 0 Å². The van der Waals surface area contributed by atoms with Crippen molar-refractivity contribution in [3.05, 3.63) is 0 Å². The molecule has 0 bridgehead atoms. The van der Waals surface area contributed by atoms with E-state index in [1.54, 1.807) is 0 Å². The van der Waals surface area contributed by atoms with Crippen molar-refractivity contribution in [2.75, 3.05) is 31.3 Å². The fourth-order valence-corrected chi connectivity index (χ4v) is 2.51. The van der Waals surface area contributed by atoms with E-state index in [1.807, 2.05) is 6.92 Å². The first-order chi connectivity index (χ1) is 5.93. The third-order valence-corrected chi connectivity index (χ3v) is 3.19. The maximum absolute atomic E-state index is 5.25. The van der Waals surface area contributed by atoms with Crippen LogP contribution in [-0.4, -0.2) is 37.3 Å². The molecule has 0 spiro atoms. The molecule has 0 aromatic rings. The third kappa shape index (κ3) is 4.33. The molecule has 1 N–H and O–H groups in total. The van der Waals surface area contributed by atoms with Gasteiger partial charge in [0.15, 0.2) is 0 Å². The van der Waals surface area contributed by atoms with Crippen molar-refractivity contribution in [2.45, 2.75) is 25.8 Å². The van der Waals surface area contributed by atoms with Gasteiger partial charge in [0, 0.05) is 25.0 Å². The molecule has 1 aliphatic rings. The zero-order chi connectivity index (χ0) is 8.65. The highest BCUT2D eigenvalue weighted by Crippen LogP contribution is 2.16. The van der Waals surface area contributed by atoms with Gasteiger partial charge in [0.2, 0.25) is 0 Å². The fourth-order valence-electron chi connectivity index (χ4n) is 1.32. The first kappa shape index (κ1) is 10.4. The molecular formula is C9H19NOS. The van der Waals surface area contributed by atoms with Crippen LogP contribution in [0.2, 0.25) is 0 Å². The molecule has 1 heterocycles. The molecule has 0 aliphatic carbocycles. The average molecular weight is 189 g/mol. The predicted octanol–water partition coefficient (Wildman–Crippen LogP) is 1.51. The van der Waals surface area contributed by atoms with E-state index < -0.39 is 0 Å². The Kier molecular flexibility index (Phi) is 5.82. The first-order valence-electron chi connectivity index (χ1n) is 4.82. The van der Waals surface area contributed by atoms with Crippen LogP contribution >= 0.6 is 11.8 Å². The highest BCUT2D eigenvalue weighted by Gasteiger charge is 2.13. The van der Waals surface area contributed by atoms with Gasteiger partial charge in [0.25, 0.3) is 0 Å². The van der Waals surface area contributed by atoms with E-state index in [-0.39, 0.29) is 0 Å². The molecule has 3 heteroatoms. The van der Waals surface area contributed by atoms with Gasteiger partial charge in [-0.25, -0.2) is 0 Å². The topological polar surface area (TPSA) is 21.3 Å². The number of rotatable bonds is 6. The molecule has 0 amide bonds. The van der Waals surface area contributed by atoms with Gasteiger partial charge in [-0.05, 0) is 32.1 Å². The molecule has 72 valence electrons. The summed E-state index contributed by atoms with van der Waals surface area (Å²) in [5.41, 5.74) is 0. The quantitative estimate of drug-likeness (QED) is 0.640. The van der Waals surface area contributed by atoms with Gasteiger partial charge in [0.05, 0.1) is 0 Å². The van der Waals surface area contributed by atoms with Crippen LogP contribution in [0.4, 0.5) is 0 Å². The van der Waals surface area contributed by atoms with Crippen LogP contribution in [0.25, 0.3) is 0 Å². The monoisotopic (exact) mass is 189 g/mol. The Hall–Kier alpha value is 0.270. The second-order valence-corrected chi connectivity index (χ2v) is 4.21. The normalized spacial score (nSPS) is 23.2. The Balaban J connectivity index is 1.81. The van der Waals surface area contributed by atoms with E-state index in [0.717, 1.165) is 32.2 Å². The predicted molar refractivity (Wildman–Crippen MR) is 54.8 cm³/mol. The van der Waals surface area contributed by atoms with Crippen molar-refractivity contribution in [3.63, 3.8) is 0 Å². The minimum Gasteiger partial charge on any atom is -0.382 e. The summed E-state index contributed by atoms with van der Waals surface area (Å²) < 4.78 is 5.25. The molecule has 1 atom stereocenters. The van der Waals surface area contributed by atoms with Crippen LogP contribution in [0.1, 0.15) is 19.8 Å². The van der Waals surface area contributed by atoms with Crippen molar-refractivity contribution >= 4 is 11.8 Å². The largest absolute Gasteiger partial charge is 0.382 e. The van der Waals surface area contributed by atoms with Crippen LogP contribution in [0.3, 0.4) is 0 Å². The smallest absolute Gasteiger partial charge is 0.0477 e. The molecule has 1 aliphatic heterocycles. The number of nitrogens with one attached hydrogen (secondary N) is 1. The molecule has 0 radical (unpaired) electrons. The SMILES string of the molecule is CCOCCCN[C@@H]1CCSC1. The maximum Gasteiger partial charge on any atom is 0.0477 e. The summed E-state index contributed by atoms with van der Waals surface area (Å²) in [6.07, 6.45) is 2.49. The lowest BCUT2D eigenvalue weighted by Gasteiger charge is -2.10. The van der Waals surface area contributed by atoms with Crippen molar-refractivity contribution in [2.24, 2.45) is 0 Å². The molecule has 2 nitrogen and oxygen atoms in total. The second kappa shape index (κ2) is 6.75. The standard InChI is InChI=1S/C9H19NOS/c1-2-11-6-3-5-10-9-4-7-12-8-9/h9-10H,2-8H2,1H3/t9-/m1/s1. The summed E-state index contributed by atoms with van der Waals surface area (Å²) in [6.45, 7) is 4.91. The second-order valence-electron chi connectivity index (χ2n) is 3.07. The Morgan fingerprint density at radius 3 is 3.17 bits per heavy atom. The van der Waals surface area contributed by atoms with Gasteiger partial charge < -0.3 is 10.1 Å². The number of ether oxygens (including phenoxy) is 1. The van der Waals surface area contributed by atoms with Crippen LogP contribution in [0, 0.1) is 0 Å². The number of thioether (sulfide) groups is 1. The Labute approximate surface area is 79.4 Å². The van der Waals surface area contributed by atoms with E-state index in [1.165, 1.54) is 17.9 Å². The minimum absolute atomic E-state index is 0.775. The number of hydrogen-bond donors (Lipinski definition) is 1. The average Bonchev–Trinajstić information content (AvgIpc) is 2.57. The molecular weight excluding hydrogens is 170 g/mol. The summed E-state index contributed by atoms with van der Waals surface area (Å²) in [5, 5.41) is 3.54. The third-order valence-electron chi connectivity index (χ3n) is 2.03. The lowest BCUT2D eigenvalue weighted by molar-refractivity contribution is 0.144. The van der Waals surface area contributed by atoms with E-state index in [2.05, 4.69) is 17.1 Å². The zero-order valence-corrected chi connectivity index (χ0v) is 8.66. The van der Waals surface area contributed by atoms with E-state index in [4.69, 9.17) is 4.74 Å². The molecule has 1 saturated heterocycles. The van der Waals surface area contributed by atoms with Gasteiger partial charge in [-0.15, -0.1) is 0 Å². The van der Waals surface area contributed by atoms with Crippen LogP contribution in [0.5, 0.6) is 0 Å². The van der Waals surface area contributed by atoms with Gasteiger partial charge >= 0.3 is 0 Å². The summed E-state index contributed by atoms with van der Waals surface area (Å²) in [7, 11) is 0. The van der Waals surface area contributed by atoms with Crippen molar-refractivity contribution in [1.82, 2.24) is 5.32 Å². The van der Waals surface area contributed by atoms with Gasteiger partial charge in [-0.3, -0.25) is 0 Å². The molecule has 0 aromatic heterocycles. The van der Waals surface area contributed by atoms with Crippen LogP contribution < -0.4 is 5.32 Å². The van der Waals surface area contributed by atoms with E-state index >= 15 is 0 Å². The summed E-state index contributed by atoms with van der Waals surface area (Å²) >= 11 is 2.06. The fraction of sp³-hybridized carbons (Fsp3) is 1.00. The zero-order valence-electron chi connectivity index (χ0n) is 7.84. The Bertz CT molecular complexity index is 105. The number of hydrogen-bond acceptors (Lipinski definition) is 3. The molecule has 1 fully saturated rings. The molecule has 0 aromatic carbocycles. The van der Waals surface area contributed by atoms with Crippen molar-refractivity contribution in [1.29, 1.82) is 0 Å². The lowest BCUT2D eigenvalue weighted by Crippen LogP contribution is -2.30. The summed E-state index contributed by atoms with van der Waals surface area (Å²) in [4.78, 5) is 0. The first-order valence-corrected chi connectivity index (χ1v) is 5.98. The van der Waals surface area contributed by atoms with Gasteiger partial charge in [-0.1, -0.05) is 0 Å². The summed E-state index contributed by atoms with van der Waals surface area (Å²) in [6, 6.07) is 0.775. The summed E-state index contributed by atoms with van der Waals surface area (Å²) in [5.74, 6) is 2.64. The maximum atomic E-state index is 5.25. The van der Waals surface area contributed by atoms with Crippen LogP contribution in [-0.2, 0) is 4.74 Å². The lowest BCUT2D eigenvalue weighted by atomic mass is 10.2. The molecule has 0 unspecified atom stereocenters. The minimum atomic E-state index is 0.775. The molecule has 0 saturated carbocycles. The molecule has 1 rings (SSSR count). The molecule has 12 heavy (non-hydrogen) atoms. The highest BCUT2D eigenvalue weighted by atomic mass is 32.2. The highest BCUT2D eigenvalue weighted by molar-refractivity contribution is 7.99. The van der Waals surface area contributed by atoms with E-state index in [9.17, 15) is 0 Å². The van der Waals surface area contributed by atoms with Crippen LogP contribution in [0.15, 0.2) is 0 Å². The van der Waals surface area contributed by atoms with Crippen molar-refractivity contribution in [3.8, 4) is 0 Å². The van der Waals surface area contributed by atoms with Gasteiger partial charge in [-0.2, -0.15) is 11.8 Å². The Morgan fingerprint density at radius 2 is 2.50 bits per heavy atom. The van der Waals surface area contributed by atoms with E-state index in [0.29, 0.717) is 0 Å².